The molecule has 2 N–H and O–H groups in total. The van der Waals surface area contributed by atoms with E-state index in [9.17, 15) is 19.5 Å². The first-order valence-electron chi connectivity index (χ1n) is 9.29. The van der Waals surface area contributed by atoms with Gasteiger partial charge in [-0.1, -0.05) is 15.9 Å². The first-order chi connectivity index (χ1) is 12.6. The van der Waals surface area contributed by atoms with E-state index in [0.717, 1.165) is 0 Å². The van der Waals surface area contributed by atoms with Crippen molar-refractivity contribution in [3.8, 4) is 0 Å². The van der Waals surface area contributed by atoms with Crippen LogP contribution < -0.4 is 5.32 Å². The number of hydrogen-bond acceptors (Lipinski definition) is 6. The van der Waals surface area contributed by atoms with Crippen LogP contribution in [0.3, 0.4) is 0 Å². The van der Waals surface area contributed by atoms with Gasteiger partial charge in [-0.25, -0.2) is 0 Å². The Morgan fingerprint density at radius 2 is 2.11 bits per heavy atom. The highest BCUT2D eigenvalue weighted by atomic mass is 79.9. The monoisotopic (exact) mass is 462 g/mol. The summed E-state index contributed by atoms with van der Waals surface area (Å²) in [5, 5.41) is 12.4. The van der Waals surface area contributed by atoms with Gasteiger partial charge in [-0.15, -0.1) is 11.8 Å². The molecule has 2 amide bonds. The van der Waals surface area contributed by atoms with Gasteiger partial charge in [-0.2, -0.15) is 0 Å². The van der Waals surface area contributed by atoms with Gasteiger partial charge < -0.3 is 20.1 Å². The van der Waals surface area contributed by atoms with E-state index in [2.05, 4.69) is 21.2 Å². The number of carbonyl (C=O) groups is 3. The number of amides is 2. The van der Waals surface area contributed by atoms with Gasteiger partial charge in [-0.05, 0) is 34.1 Å². The van der Waals surface area contributed by atoms with E-state index in [1.165, 1.54) is 4.90 Å². The molecule has 27 heavy (non-hydrogen) atoms. The Labute approximate surface area is 172 Å². The lowest BCUT2D eigenvalue weighted by molar-refractivity contribution is -0.153. The van der Waals surface area contributed by atoms with Gasteiger partial charge >= 0.3 is 5.97 Å². The van der Waals surface area contributed by atoms with E-state index in [4.69, 9.17) is 4.74 Å². The van der Waals surface area contributed by atoms with E-state index < -0.39 is 28.2 Å². The van der Waals surface area contributed by atoms with Gasteiger partial charge in [-0.3, -0.25) is 14.4 Å². The topological polar surface area (TPSA) is 95.9 Å². The number of aliphatic hydroxyl groups excluding tert-OH is 1. The summed E-state index contributed by atoms with van der Waals surface area (Å²) in [7, 11) is 0. The summed E-state index contributed by atoms with van der Waals surface area (Å²) in [6.45, 7) is 7.51. The lowest BCUT2D eigenvalue weighted by Crippen LogP contribution is -2.57. The fraction of sp³-hybridized carbons (Fsp3) is 0.833. The quantitative estimate of drug-likeness (QED) is 0.465. The van der Waals surface area contributed by atoms with Crippen LogP contribution in [0.1, 0.15) is 34.1 Å². The van der Waals surface area contributed by atoms with Gasteiger partial charge in [0.1, 0.15) is 6.04 Å². The standard InChI is InChI=1S/C18H27BrN2O5S/c1-5-26-16(25)10-11-15(24)21(6-7-22)13(14(23)20-17(2,3)4)18(11)8-9(19)12(10)27-18/h9-13,22H,5-8H2,1-4H3,(H,20,23)/t9?,10-,11+,12-,13?,18?/m1/s1. The maximum absolute atomic E-state index is 13.3. The van der Waals surface area contributed by atoms with E-state index in [-0.39, 0.29) is 47.6 Å². The molecule has 6 atom stereocenters. The Balaban J connectivity index is 2.02. The Hall–Kier alpha value is -0.800. The number of alkyl halides is 1. The molecular weight excluding hydrogens is 436 g/mol. The molecule has 3 fully saturated rings. The average molecular weight is 463 g/mol. The normalized spacial score (nSPS) is 37.5. The fourth-order valence-corrected chi connectivity index (χ4v) is 8.32. The van der Waals surface area contributed by atoms with Crippen molar-refractivity contribution in [3.05, 3.63) is 0 Å². The Bertz CT molecular complexity index is 654. The molecule has 0 aromatic rings. The number of β-amino-alcohol motifs (C(OH)–C–C–N with tert-alkyl or cyclic N) is 1. The molecule has 3 unspecified atom stereocenters. The van der Waals surface area contributed by atoms with E-state index >= 15 is 0 Å². The van der Waals surface area contributed by atoms with Gasteiger partial charge in [0.2, 0.25) is 11.8 Å². The number of carbonyl (C=O) groups excluding carboxylic acids is 3. The van der Waals surface area contributed by atoms with E-state index in [1.54, 1.807) is 18.7 Å². The third-order valence-electron chi connectivity index (χ3n) is 5.44. The van der Waals surface area contributed by atoms with Crippen molar-refractivity contribution < 1.29 is 24.2 Å². The molecule has 0 aromatic carbocycles. The van der Waals surface area contributed by atoms with Gasteiger partial charge in [0.15, 0.2) is 0 Å². The highest BCUT2D eigenvalue weighted by Crippen LogP contribution is 2.67. The molecule has 3 heterocycles. The van der Waals surface area contributed by atoms with Crippen LogP contribution in [0.2, 0.25) is 0 Å². The van der Waals surface area contributed by atoms with Crippen molar-refractivity contribution in [2.45, 2.75) is 60.5 Å². The van der Waals surface area contributed by atoms with Crippen LogP contribution in [0, 0.1) is 11.8 Å². The average Bonchev–Trinajstić information content (AvgIpc) is 3.11. The number of aliphatic hydroxyl groups is 1. The summed E-state index contributed by atoms with van der Waals surface area (Å²) < 4.78 is 4.58. The second-order valence-electron chi connectivity index (χ2n) is 8.41. The van der Waals surface area contributed by atoms with Crippen LogP contribution in [-0.2, 0) is 19.1 Å². The van der Waals surface area contributed by atoms with Crippen LogP contribution in [-0.4, -0.2) is 74.0 Å². The van der Waals surface area contributed by atoms with Crippen molar-refractivity contribution in [1.29, 1.82) is 0 Å². The molecule has 9 heteroatoms. The number of fused-ring (bicyclic) bond motifs is 1. The number of ether oxygens (including phenoxy) is 1. The lowest BCUT2D eigenvalue weighted by atomic mass is 9.71. The number of nitrogens with one attached hydrogen (secondary N) is 1. The minimum Gasteiger partial charge on any atom is -0.466 e. The second-order valence-corrected chi connectivity index (χ2v) is 11.1. The molecule has 0 aromatic heterocycles. The largest absolute Gasteiger partial charge is 0.466 e. The molecule has 3 aliphatic heterocycles. The Kier molecular flexibility index (Phi) is 5.60. The number of rotatable bonds is 5. The number of likely N-dealkylation sites (tertiary alicyclic amines) is 1. The molecule has 0 radical (unpaired) electrons. The van der Waals surface area contributed by atoms with E-state index in [0.29, 0.717) is 6.42 Å². The zero-order chi connectivity index (χ0) is 20.1. The van der Waals surface area contributed by atoms with Gasteiger partial charge in [0, 0.05) is 22.2 Å². The number of hydrogen-bond donors (Lipinski definition) is 2. The van der Waals surface area contributed by atoms with Crippen LogP contribution in [0.25, 0.3) is 0 Å². The highest BCUT2D eigenvalue weighted by Gasteiger charge is 2.75. The van der Waals surface area contributed by atoms with Crippen LogP contribution >= 0.6 is 27.7 Å². The smallest absolute Gasteiger partial charge is 0.310 e. The van der Waals surface area contributed by atoms with Gasteiger partial charge in [0.25, 0.3) is 0 Å². The van der Waals surface area contributed by atoms with Crippen molar-refractivity contribution >= 4 is 45.5 Å². The first-order valence-corrected chi connectivity index (χ1v) is 11.1. The Morgan fingerprint density at radius 1 is 1.44 bits per heavy atom. The molecule has 1 spiro atoms. The van der Waals surface area contributed by atoms with Crippen LogP contribution in [0.4, 0.5) is 0 Å². The van der Waals surface area contributed by atoms with Crippen LogP contribution in [0.15, 0.2) is 0 Å². The molecule has 7 nitrogen and oxygen atoms in total. The summed E-state index contributed by atoms with van der Waals surface area (Å²) in [6.07, 6.45) is 0.624. The molecule has 3 aliphatic rings. The third kappa shape index (κ3) is 3.29. The number of thioether (sulfide) groups is 1. The summed E-state index contributed by atoms with van der Waals surface area (Å²) >= 11 is 5.23. The number of esters is 1. The molecule has 3 saturated heterocycles. The first kappa shape index (κ1) is 20.9. The Morgan fingerprint density at radius 3 is 2.67 bits per heavy atom. The summed E-state index contributed by atoms with van der Waals surface area (Å²) in [5.74, 6) is -2.01. The van der Waals surface area contributed by atoms with Gasteiger partial charge in [0.05, 0.1) is 29.8 Å². The number of halogens is 1. The summed E-state index contributed by atoms with van der Waals surface area (Å²) in [5.41, 5.74) is -0.449. The predicted octanol–water partition coefficient (Wildman–Crippen LogP) is 0.921. The van der Waals surface area contributed by atoms with Crippen molar-refractivity contribution in [2.24, 2.45) is 11.8 Å². The van der Waals surface area contributed by atoms with E-state index in [1.807, 2.05) is 20.8 Å². The zero-order valence-corrected chi connectivity index (χ0v) is 18.4. The second kappa shape index (κ2) is 7.22. The minimum atomic E-state index is -0.712. The van der Waals surface area contributed by atoms with Crippen molar-refractivity contribution in [3.63, 3.8) is 0 Å². The molecule has 3 rings (SSSR count). The molecule has 0 saturated carbocycles. The predicted molar refractivity (Wildman–Crippen MR) is 106 cm³/mol. The summed E-state index contributed by atoms with van der Waals surface area (Å²) in [6, 6.07) is -0.712. The maximum atomic E-state index is 13.3. The van der Waals surface area contributed by atoms with Crippen molar-refractivity contribution in [1.82, 2.24) is 10.2 Å². The maximum Gasteiger partial charge on any atom is 0.310 e. The van der Waals surface area contributed by atoms with Crippen molar-refractivity contribution in [2.75, 3.05) is 19.8 Å². The molecular formula is C18H27BrN2O5S. The minimum absolute atomic E-state index is 0.0277. The molecule has 152 valence electrons. The lowest BCUT2D eigenvalue weighted by Gasteiger charge is -2.36. The summed E-state index contributed by atoms with van der Waals surface area (Å²) in [4.78, 5) is 40.6. The molecule has 0 aliphatic carbocycles. The SMILES string of the molecule is CCOC(=O)[C@H]1[C@@H]2SC3(CC2Br)C(C(=O)NC(C)(C)C)N(CCO)C(=O)[C@H]13. The third-order valence-corrected chi connectivity index (χ3v) is 8.66. The highest BCUT2D eigenvalue weighted by molar-refractivity contribution is 9.09. The fourth-order valence-electron chi connectivity index (χ4n) is 4.72. The van der Waals surface area contributed by atoms with Crippen LogP contribution in [0.5, 0.6) is 0 Å². The zero-order valence-electron chi connectivity index (χ0n) is 16.0. The number of nitrogens with zero attached hydrogens (tertiary/aromatic N) is 1. The molecule has 2 bridgehead atoms.